The smallest absolute Gasteiger partial charge is 0.276 e. The molecule has 0 aliphatic rings. The number of ether oxygens (including phenoxy) is 2. The molecule has 0 atom stereocenters. The Morgan fingerprint density at radius 2 is 1.50 bits per heavy atom. The molecule has 150 valence electrons. The van der Waals surface area contributed by atoms with Gasteiger partial charge < -0.3 is 9.47 Å². The van der Waals surface area contributed by atoms with Gasteiger partial charge in [0.1, 0.15) is 11.5 Å². The lowest BCUT2D eigenvalue weighted by Gasteiger charge is -2.22. The van der Waals surface area contributed by atoms with Crippen molar-refractivity contribution >= 4 is 27.7 Å². The number of hydrogen-bond acceptors (Lipinski definition) is 4. The van der Waals surface area contributed by atoms with Crippen molar-refractivity contribution in [2.24, 2.45) is 0 Å². The molecule has 2 amide bonds. The minimum absolute atomic E-state index is 0.107. The van der Waals surface area contributed by atoms with Crippen molar-refractivity contribution in [3.8, 4) is 11.5 Å². The quantitative estimate of drug-likeness (QED) is 0.661. The average Bonchev–Trinajstić information content (AvgIpc) is 2.63. The number of benzene rings is 2. The molecule has 7 heteroatoms. The molecule has 0 aromatic heterocycles. The van der Waals surface area contributed by atoms with Gasteiger partial charge in [-0.15, -0.1) is 0 Å². The third-order valence-corrected chi connectivity index (χ3v) is 4.38. The number of hydrazine groups is 1. The number of amides is 2. The minimum atomic E-state index is -0.467. The number of nitrogens with one attached hydrogen (secondary N) is 2. The van der Waals surface area contributed by atoms with Crippen LogP contribution in [0.4, 0.5) is 0 Å². The zero-order chi connectivity index (χ0) is 20.7. The molecule has 2 aromatic carbocycles. The Balaban J connectivity index is 1.77. The van der Waals surface area contributed by atoms with E-state index in [-0.39, 0.29) is 18.6 Å². The SMILES string of the molecule is Cc1cc(Br)ccc1OCC(=O)NNC(=O)COc1ccccc1C(C)(C)C. The predicted molar refractivity (Wildman–Crippen MR) is 111 cm³/mol. The third-order valence-electron chi connectivity index (χ3n) is 3.89. The third kappa shape index (κ3) is 6.56. The van der Waals surface area contributed by atoms with E-state index in [1.807, 2.05) is 43.3 Å². The second kappa shape index (κ2) is 9.59. The first-order chi connectivity index (χ1) is 13.2. The maximum absolute atomic E-state index is 12.0. The van der Waals surface area contributed by atoms with Gasteiger partial charge in [-0.25, -0.2) is 0 Å². The number of carbonyl (C=O) groups is 2. The largest absolute Gasteiger partial charge is 0.483 e. The summed E-state index contributed by atoms with van der Waals surface area (Å²) in [6.07, 6.45) is 0. The van der Waals surface area contributed by atoms with Crippen LogP contribution >= 0.6 is 15.9 Å². The zero-order valence-corrected chi connectivity index (χ0v) is 18.1. The summed E-state index contributed by atoms with van der Waals surface area (Å²) < 4.78 is 12.0. The molecule has 0 spiro atoms. The van der Waals surface area contributed by atoms with Crippen molar-refractivity contribution in [1.82, 2.24) is 10.9 Å². The van der Waals surface area contributed by atoms with Crippen molar-refractivity contribution < 1.29 is 19.1 Å². The highest BCUT2D eigenvalue weighted by atomic mass is 79.9. The molecule has 2 aromatic rings. The first kappa shape index (κ1) is 21.8. The van der Waals surface area contributed by atoms with Crippen LogP contribution in [0.15, 0.2) is 46.9 Å². The van der Waals surface area contributed by atoms with Crippen LogP contribution in [-0.2, 0) is 15.0 Å². The standard InChI is InChI=1S/C21H25BrN2O4/c1-14-11-15(22)9-10-17(14)27-12-19(25)23-24-20(26)13-28-18-8-6-5-7-16(18)21(2,3)4/h5-11H,12-13H2,1-4H3,(H,23,25)(H,24,26). The van der Waals surface area contributed by atoms with Crippen LogP contribution in [-0.4, -0.2) is 25.0 Å². The molecular formula is C21H25BrN2O4. The highest BCUT2D eigenvalue weighted by molar-refractivity contribution is 9.10. The number of carbonyl (C=O) groups excluding carboxylic acids is 2. The van der Waals surface area contributed by atoms with Crippen LogP contribution in [0.1, 0.15) is 31.9 Å². The normalized spacial score (nSPS) is 10.9. The van der Waals surface area contributed by atoms with Gasteiger partial charge in [0.05, 0.1) is 0 Å². The molecule has 0 unspecified atom stereocenters. The summed E-state index contributed by atoms with van der Waals surface area (Å²) in [7, 11) is 0. The fourth-order valence-corrected chi connectivity index (χ4v) is 2.96. The number of para-hydroxylation sites is 1. The molecule has 0 bridgehead atoms. The maximum atomic E-state index is 12.0. The Bertz CT molecular complexity index is 847. The first-order valence-corrected chi connectivity index (χ1v) is 9.65. The molecule has 0 fully saturated rings. The van der Waals surface area contributed by atoms with Gasteiger partial charge in [0.2, 0.25) is 0 Å². The zero-order valence-electron chi connectivity index (χ0n) is 16.5. The van der Waals surface area contributed by atoms with E-state index in [4.69, 9.17) is 9.47 Å². The predicted octanol–water partition coefficient (Wildman–Crippen LogP) is 3.66. The van der Waals surface area contributed by atoms with Gasteiger partial charge in [-0.1, -0.05) is 54.9 Å². The van der Waals surface area contributed by atoms with Gasteiger partial charge in [0.25, 0.3) is 11.8 Å². The van der Waals surface area contributed by atoms with Gasteiger partial charge >= 0.3 is 0 Å². The molecule has 0 radical (unpaired) electrons. The van der Waals surface area contributed by atoms with Crippen LogP contribution < -0.4 is 20.3 Å². The van der Waals surface area contributed by atoms with Crippen LogP contribution in [0, 0.1) is 6.92 Å². The van der Waals surface area contributed by atoms with E-state index >= 15 is 0 Å². The molecular weight excluding hydrogens is 424 g/mol. The van der Waals surface area contributed by atoms with Crippen molar-refractivity contribution in [2.45, 2.75) is 33.1 Å². The molecule has 2 rings (SSSR count). The Labute approximate surface area is 173 Å². The Kier molecular flexibility index (Phi) is 7.45. The first-order valence-electron chi connectivity index (χ1n) is 8.86. The summed E-state index contributed by atoms with van der Waals surface area (Å²) in [5, 5.41) is 0. The Hall–Kier alpha value is -2.54. The summed E-state index contributed by atoms with van der Waals surface area (Å²) in [5.74, 6) is 0.319. The van der Waals surface area contributed by atoms with E-state index in [0.717, 1.165) is 15.6 Å². The van der Waals surface area contributed by atoms with Gasteiger partial charge in [-0.2, -0.15) is 0 Å². The molecule has 0 saturated carbocycles. The lowest BCUT2D eigenvalue weighted by Crippen LogP contribution is -2.45. The molecule has 0 saturated heterocycles. The monoisotopic (exact) mass is 448 g/mol. The summed E-state index contributed by atoms with van der Waals surface area (Å²) in [5.41, 5.74) is 6.43. The van der Waals surface area contributed by atoms with Crippen LogP contribution in [0.2, 0.25) is 0 Å². The average molecular weight is 449 g/mol. The van der Waals surface area contributed by atoms with E-state index in [0.29, 0.717) is 11.5 Å². The maximum Gasteiger partial charge on any atom is 0.276 e. The lowest BCUT2D eigenvalue weighted by atomic mass is 9.86. The second-order valence-electron chi connectivity index (χ2n) is 7.33. The molecule has 0 heterocycles. The van der Waals surface area contributed by atoms with Gasteiger partial charge in [-0.05, 0) is 47.7 Å². The highest BCUT2D eigenvalue weighted by Crippen LogP contribution is 2.30. The van der Waals surface area contributed by atoms with E-state index in [9.17, 15) is 9.59 Å². The summed E-state index contributed by atoms with van der Waals surface area (Å²) in [6.45, 7) is 7.68. The topological polar surface area (TPSA) is 76.7 Å². The van der Waals surface area contributed by atoms with Crippen LogP contribution in [0.25, 0.3) is 0 Å². The minimum Gasteiger partial charge on any atom is -0.483 e. The van der Waals surface area contributed by atoms with Gasteiger partial charge in [0, 0.05) is 4.47 Å². The van der Waals surface area contributed by atoms with E-state index < -0.39 is 11.8 Å². The van der Waals surface area contributed by atoms with Crippen LogP contribution in [0.5, 0.6) is 11.5 Å². The Morgan fingerprint density at radius 1 is 0.929 bits per heavy atom. The molecule has 0 aliphatic carbocycles. The number of rotatable bonds is 6. The van der Waals surface area contributed by atoms with Crippen molar-refractivity contribution in [1.29, 1.82) is 0 Å². The second-order valence-corrected chi connectivity index (χ2v) is 8.25. The number of aryl methyl sites for hydroxylation is 1. The van der Waals surface area contributed by atoms with Gasteiger partial charge in [0.15, 0.2) is 13.2 Å². The number of hydrogen-bond donors (Lipinski definition) is 2. The summed E-state index contributed by atoms with van der Waals surface area (Å²) in [4.78, 5) is 23.8. The van der Waals surface area contributed by atoms with E-state index in [1.165, 1.54) is 0 Å². The van der Waals surface area contributed by atoms with Crippen molar-refractivity contribution in [2.75, 3.05) is 13.2 Å². The summed E-state index contributed by atoms with van der Waals surface area (Å²) in [6, 6.07) is 13.1. The van der Waals surface area contributed by atoms with E-state index in [2.05, 4.69) is 47.6 Å². The lowest BCUT2D eigenvalue weighted by molar-refractivity contribution is -0.131. The highest BCUT2D eigenvalue weighted by Gasteiger charge is 2.19. The fraction of sp³-hybridized carbons (Fsp3) is 0.333. The van der Waals surface area contributed by atoms with Gasteiger partial charge in [-0.3, -0.25) is 20.4 Å². The van der Waals surface area contributed by atoms with Crippen molar-refractivity contribution in [3.63, 3.8) is 0 Å². The molecule has 2 N–H and O–H groups in total. The molecule has 6 nitrogen and oxygen atoms in total. The fourth-order valence-electron chi connectivity index (χ4n) is 2.49. The molecule has 28 heavy (non-hydrogen) atoms. The summed E-state index contributed by atoms with van der Waals surface area (Å²) >= 11 is 3.37. The Morgan fingerprint density at radius 3 is 2.07 bits per heavy atom. The van der Waals surface area contributed by atoms with Crippen molar-refractivity contribution in [3.05, 3.63) is 58.1 Å². The molecule has 0 aliphatic heterocycles. The van der Waals surface area contributed by atoms with Crippen LogP contribution in [0.3, 0.4) is 0 Å². The van der Waals surface area contributed by atoms with E-state index in [1.54, 1.807) is 6.07 Å². The number of halogens is 1.